The SMILES string of the molecule is CC(=O)Oc1ccc2cc3cc(OC(C)=O)ccc3cc2c1. The van der Waals surface area contributed by atoms with Crippen molar-refractivity contribution in [3.63, 3.8) is 0 Å². The number of fused-ring (bicyclic) bond motifs is 2. The van der Waals surface area contributed by atoms with Gasteiger partial charge in [-0.2, -0.15) is 0 Å². The van der Waals surface area contributed by atoms with Crippen molar-refractivity contribution in [2.24, 2.45) is 0 Å². The summed E-state index contributed by atoms with van der Waals surface area (Å²) < 4.78 is 10.2. The molecule has 0 heterocycles. The van der Waals surface area contributed by atoms with Crippen molar-refractivity contribution >= 4 is 33.5 Å². The quantitative estimate of drug-likeness (QED) is 0.409. The Balaban J connectivity index is 2.08. The summed E-state index contributed by atoms with van der Waals surface area (Å²) in [5.74, 6) is 0.365. The van der Waals surface area contributed by atoms with Crippen LogP contribution in [-0.2, 0) is 9.59 Å². The lowest BCUT2D eigenvalue weighted by Crippen LogP contribution is -2.01. The predicted octanol–water partition coefficient (Wildman–Crippen LogP) is 3.84. The van der Waals surface area contributed by atoms with E-state index in [0.717, 1.165) is 21.5 Å². The van der Waals surface area contributed by atoms with E-state index >= 15 is 0 Å². The van der Waals surface area contributed by atoms with Crippen LogP contribution >= 0.6 is 0 Å². The molecule has 0 saturated carbocycles. The molecule has 0 N–H and O–H groups in total. The Morgan fingerprint density at radius 3 is 1.41 bits per heavy atom. The summed E-state index contributed by atoms with van der Waals surface area (Å²) in [4.78, 5) is 22.0. The smallest absolute Gasteiger partial charge is 0.308 e. The Kier molecular flexibility index (Phi) is 3.51. The highest BCUT2D eigenvalue weighted by Gasteiger charge is 2.04. The van der Waals surface area contributed by atoms with Crippen molar-refractivity contribution in [1.82, 2.24) is 0 Å². The van der Waals surface area contributed by atoms with Crippen LogP contribution in [0.15, 0.2) is 48.5 Å². The maximum atomic E-state index is 11.0. The van der Waals surface area contributed by atoms with Gasteiger partial charge in [0.2, 0.25) is 0 Å². The molecule has 0 aliphatic rings. The number of esters is 2. The van der Waals surface area contributed by atoms with Crippen LogP contribution in [0.3, 0.4) is 0 Å². The molecular formula is C18H14O4. The van der Waals surface area contributed by atoms with E-state index in [4.69, 9.17) is 9.47 Å². The molecule has 0 fully saturated rings. The molecule has 0 radical (unpaired) electrons. The van der Waals surface area contributed by atoms with Crippen LogP contribution in [-0.4, -0.2) is 11.9 Å². The summed E-state index contributed by atoms with van der Waals surface area (Å²) in [5.41, 5.74) is 0. The molecule has 0 aliphatic heterocycles. The van der Waals surface area contributed by atoms with Gasteiger partial charge in [-0.3, -0.25) is 9.59 Å². The minimum absolute atomic E-state index is 0.342. The minimum atomic E-state index is -0.342. The number of hydrogen-bond donors (Lipinski definition) is 0. The molecule has 4 nitrogen and oxygen atoms in total. The average Bonchev–Trinajstić information content (AvgIpc) is 2.44. The van der Waals surface area contributed by atoms with Crippen molar-refractivity contribution in [1.29, 1.82) is 0 Å². The minimum Gasteiger partial charge on any atom is -0.427 e. The summed E-state index contributed by atoms with van der Waals surface area (Å²) in [5, 5.41) is 3.99. The van der Waals surface area contributed by atoms with E-state index < -0.39 is 0 Å². The zero-order valence-corrected chi connectivity index (χ0v) is 12.3. The third kappa shape index (κ3) is 2.91. The summed E-state index contributed by atoms with van der Waals surface area (Å²) in [6.45, 7) is 2.75. The average molecular weight is 294 g/mol. The van der Waals surface area contributed by atoms with Crippen LogP contribution in [0.5, 0.6) is 11.5 Å². The van der Waals surface area contributed by atoms with Crippen LogP contribution in [0.2, 0.25) is 0 Å². The van der Waals surface area contributed by atoms with Crippen molar-refractivity contribution in [2.45, 2.75) is 13.8 Å². The zero-order chi connectivity index (χ0) is 15.7. The monoisotopic (exact) mass is 294 g/mol. The Morgan fingerprint density at radius 1 is 0.636 bits per heavy atom. The lowest BCUT2D eigenvalue weighted by Gasteiger charge is -2.07. The van der Waals surface area contributed by atoms with Gasteiger partial charge >= 0.3 is 11.9 Å². The van der Waals surface area contributed by atoms with E-state index in [0.29, 0.717) is 11.5 Å². The summed E-state index contributed by atoms with van der Waals surface area (Å²) in [7, 11) is 0. The van der Waals surface area contributed by atoms with Gasteiger partial charge in [-0.25, -0.2) is 0 Å². The van der Waals surface area contributed by atoms with Gasteiger partial charge < -0.3 is 9.47 Å². The lowest BCUT2D eigenvalue weighted by atomic mass is 10.0. The number of carbonyl (C=O) groups is 2. The van der Waals surface area contributed by atoms with Crippen LogP contribution < -0.4 is 9.47 Å². The highest BCUT2D eigenvalue weighted by atomic mass is 16.5. The van der Waals surface area contributed by atoms with Crippen molar-refractivity contribution < 1.29 is 19.1 Å². The Bertz CT molecular complexity index is 821. The first-order valence-electron chi connectivity index (χ1n) is 6.86. The molecule has 3 aromatic carbocycles. The first kappa shape index (κ1) is 14.1. The number of rotatable bonds is 2. The number of carbonyl (C=O) groups excluding carboxylic acids is 2. The highest BCUT2D eigenvalue weighted by molar-refractivity contribution is 5.99. The van der Waals surface area contributed by atoms with Gasteiger partial charge in [-0.1, -0.05) is 12.1 Å². The molecule has 22 heavy (non-hydrogen) atoms. The standard InChI is InChI=1S/C18H14O4/c1-11(19)21-17-5-3-13-8-16-10-18(22-12(2)20)6-4-14(16)7-15(13)9-17/h3-10H,1-2H3. The fraction of sp³-hybridized carbons (Fsp3) is 0.111. The molecule has 0 saturated heterocycles. The van der Waals surface area contributed by atoms with Gasteiger partial charge in [0.15, 0.2) is 0 Å². The number of hydrogen-bond acceptors (Lipinski definition) is 4. The summed E-state index contributed by atoms with van der Waals surface area (Å²) in [6.07, 6.45) is 0. The molecule has 0 atom stereocenters. The molecule has 0 aliphatic carbocycles. The Labute approximate surface area is 127 Å². The topological polar surface area (TPSA) is 52.6 Å². The largest absolute Gasteiger partial charge is 0.427 e. The first-order valence-corrected chi connectivity index (χ1v) is 6.86. The number of ether oxygens (including phenoxy) is 2. The molecule has 0 spiro atoms. The highest BCUT2D eigenvalue weighted by Crippen LogP contribution is 2.28. The zero-order valence-electron chi connectivity index (χ0n) is 12.3. The third-order valence-electron chi connectivity index (χ3n) is 3.26. The van der Waals surface area contributed by atoms with E-state index in [2.05, 4.69) is 0 Å². The van der Waals surface area contributed by atoms with Gasteiger partial charge in [0.1, 0.15) is 11.5 Å². The molecular weight excluding hydrogens is 280 g/mol. The van der Waals surface area contributed by atoms with Gasteiger partial charge in [0, 0.05) is 13.8 Å². The van der Waals surface area contributed by atoms with Gasteiger partial charge in [-0.15, -0.1) is 0 Å². The summed E-state index contributed by atoms with van der Waals surface area (Å²) >= 11 is 0. The second-order valence-corrected chi connectivity index (χ2v) is 5.06. The molecule has 0 bridgehead atoms. The van der Waals surface area contributed by atoms with Crippen LogP contribution in [0.4, 0.5) is 0 Å². The third-order valence-corrected chi connectivity index (χ3v) is 3.26. The van der Waals surface area contributed by atoms with E-state index in [1.54, 1.807) is 12.1 Å². The Hall–Kier alpha value is -2.88. The second-order valence-electron chi connectivity index (χ2n) is 5.06. The van der Waals surface area contributed by atoms with E-state index in [1.807, 2.05) is 36.4 Å². The maximum Gasteiger partial charge on any atom is 0.308 e. The fourth-order valence-electron chi connectivity index (χ4n) is 2.41. The van der Waals surface area contributed by atoms with Gasteiger partial charge in [0.05, 0.1) is 0 Å². The lowest BCUT2D eigenvalue weighted by molar-refractivity contribution is -0.132. The predicted molar refractivity (Wildman–Crippen MR) is 84.1 cm³/mol. The van der Waals surface area contributed by atoms with E-state index in [-0.39, 0.29) is 11.9 Å². The van der Waals surface area contributed by atoms with Gasteiger partial charge in [-0.05, 0) is 57.9 Å². The van der Waals surface area contributed by atoms with E-state index in [9.17, 15) is 9.59 Å². The van der Waals surface area contributed by atoms with Crippen molar-refractivity contribution in [3.8, 4) is 11.5 Å². The molecule has 0 aromatic heterocycles. The first-order chi connectivity index (χ1) is 10.5. The second kappa shape index (κ2) is 5.48. The molecule has 110 valence electrons. The molecule has 0 amide bonds. The Morgan fingerprint density at radius 2 is 1.05 bits per heavy atom. The molecule has 3 aromatic rings. The van der Waals surface area contributed by atoms with Crippen LogP contribution in [0.25, 0.3) is 21.5 Å². The van der Waals surface area contributed by atoms with Crippen molar-refractivity contribution in [3.05, 3.63) is 48.5 Å². The summed E-state index contributed by atoms with van der Waals surface area (Å²) in [6, 6.07) is 15.0. The molecule has 0 unspecified atom stereocenters. The maximum absolute atomic E-state index is 11.0. The van der Waals surface area contributed by atoms with Crippen molar-refractivity contribution in [2.75, 3.05) is 0 Å². The normalized spacial score (nSPS) is 10.6. The molecule has 3 rings (SSSR count). The number of benzene rings is 3. The van der Waals surface area contributed by atoms with Crippen LogP contribution in [0, 0.1) is 0 Å². The van der Waals surface area contributed by atoms with Gasteiger partial charge in [0.25, 0.3) is 0 Å². The van der Waals surface area contributed by atoms with E-state index in [1.165, 1.54) is 13.8 Å². The van der Waals surface area contributed by atoms with Crippen LogP contribution in [0.1, 0.15) is 13.8 Å². The fourth-order valence-corrected chi connectivity index (χ4v) is 2.41. The molecule has 4 heteroatoms.